The number of aromatic nitrogens is 1. The SMILES string of the molecule is CC1OCCC1CNC(c1ccccc1)c1ccncc1. The largest absolute Gasteiger partial charge is 0.378 e. The number of nitrogens with zero attached hydrogens (tertiary/aromatic N) is 1. The summed E-state index contributed by atoms with van der Waals surface area (Å²) in [5, 5.41) is 3.72. The lowest BCUT2D eigenvalue weighted by Crippen LogP contribution is -2.31. The molecular formula is C18H22N2O. The molecule has 3 heteroatoms. The van der Waals surface area contributed by atoms with E-state index in [0.29, 0.717) is 12.0 Å². The van der Waals surface area contributed by atoms with Crippen molar-refractivity contribution in [2.45, 2.75) is 25.5 Å². The molecule has 0 bridgehead atoms. The molecule has 1 saturated heterocycles. The van der Waals surface area contributed by atoms with Gasteiger partial charge in [0.2, 0.25) is 0 Å². The standard InChI is InChI=1S/C18H22N2O/c1-14-17(9-12-21-14)13-20-18(15-5-3-2-4-6-15)16-7-10-19-11-8-16/h2-8,10-11,14,17-18,20H,9,12-13H2,1H3. The number of ether oxygens (including phenoxy) is 1. The number of nitrogens with one attached hydrogen (secondary N) is 1. The molecule has 0 saturated carbocycles. The molecule has 3 atom stereocenters. The topological polar surface area (TPSA) is 34.1 Å². The predicted octanol–water partition coefficient (Wildman–Crippen LogP) is 3.19. The van der Waals surface area contributed by atoms with Crippen LogP contribution in [0, 0.1) is 5.92 Å². The smallest absolute Gasteiger partial charge is 0.0588 e. The van der Waals surface area contributed by atoms with Crippen molar-refractivity contribution in [3.8, 4) is 0 Å². The lowest BCUT2D eigenvalue weighted by Gasteiger charge is -2.23. The number of rotatable bonds is 5. The molecule has 3 unspecified atom stereocenters. The molecule has 21 heavy (non-hydrogen) atoms. The zero-order valence-electron chi connectivity index (χ0n) is 12.4. The molecule has 2 heterocycles. The molecule has 1 aliphatic heterocycles. The molecule has 1 aliphatic rings. The highest BCUT2D eigenvalue weighted by molar-refractivity contribution is 5.30. The summed E-state index contributed by atoms with van der Waals surface area (Å²) in [4.78, 5) is 4.12. The third-order valence-electron chi connectivity index (χ3n) is 4.29. The van der Waals surface area contributed by atoms with Crippen molar-refractivity contribution in [2.24, 2.45) is 5.92 Å². The summed E-state index contributed by atoms with van der Waals surface area (Å²) in [6.45, 7) is 4.03. The van der Waals surface area contributed by atoms with Crippen LogP contribution in [-0.4, -0.2) is 24.2 Å². The minimum Gasteiger partial charge on any atom is -0.378 e. The third-order valence-corrected chi connectivity index (χ3v) is 4.29. The van der Waals surface area contributed by atoms with E-state index < -0.39 is 0 Å². The van der Waals surface area contributed by atoms with E-state index in [1.807, 2.05) is 12.4 Å². The molecule has 0 spiro atoms. The van der Waals surface area contributed by atoms with Gasteiger partial charge in [-0.25, -0.2) is 0 Å². The highest BCUT2D eigenvalue weighted by Crippen LogP contribution is 2.24. The third kappa shape index (κ3) is 3.49. The van der Waals surface area contributed by atoms with Crippen molar-refractivity contribution in [2.75, 3.05) is 13.2 Å². The number of hydrogen-bond donors (Lipinski definition) is 1. The maximum Gasteiger partial charge on any atom is 0.0588 e. The van der Waals surface area contributed by atoms with Gasteiger partial charge in [0, 0.05) is 25.5 Å². The fourth-order valence-corrected chi connectivity index (χ4v) is 2.94. The van der Waals surface area contributed by atoms with Crippen molar-refractivity contribution < 1.29 is 4.74 Å². The van der Waals surface area contributed by atoms with Gasteiger partial charge in [0.05, 0.1) is 12.1 Å². The van der Waals surface area contributed by atoms with Gasteiger partial charge in [0.15, 0.2) is 0 Å². The van der Waals surface area contributed by atoms with Crippen LogP contribution in [0.1, 0.15) is 30.5 Å². The van der Waals surface area contributed by atoms with Gasteiger partial charge >= 0.3 is 0 Å². The van der Waals surface area contributed by atoms with E-state index in [-0.39, 0.29) is 6.04 Å². The van der Waals surface area contributed by atoms with Gasteiger partial charge in [-0.2, -0.15) is 0 Å². The average Bonchev–Trinajstić information content (AvgIpc) is 2.95. The second-order valence-corrected chi connectivity index (χ2v) is 5.66. The first-order valence-corrected chi connectivity index (χ1v) is 7.64. The molecule has 110 valence electrons. The van der Waals surface area contributed by atoms with Crippen LogP contribution in [0.3, 0.4) is 0 Å². The van der Waals surface area contributed by atoms with E-state index in [0.717, 1.165) is 19.6 Å². The first-order chi connectivity index (χ1) is 10.3. The van der Waals surface area contributed by atoms with Crippen LogP contribution in [0.2, 0.25) is 0 Å². The Balaban J connectivity index is 1.76. The zero-order valence-corrected chi connectivity index (χ0v) is 12.4. The number of benzene rings is 1. The molecule has 3 rings (SSSR count). The second-order valence-electron chi connectivity index (χ2n) is 5.66. The van der Waals surface area contributed by atoms with Gasteiger partial charge in [-0.15, -0.1) is 0 Å². The molecule has 1 fully saturated rings. The lowest BCUT2D eigenvalue weighted by molar-refractivity contribution is 0.105. The van der Waals surface area contributed by atoms with Crippen molar-refractivity contribution in [1.82, 2.24) is 10.3 Å². The summed E-state index contributed by atoms with van der Waals surface area (Å²) >= 11 is 0. The van der Waals surface area contributed by atoms with Crippen LogP contribution in [0.25, 0.3) is 0 Å². The molecular weight excluding hydrogens is 260 g/mol. The number of pyridine rings is 1. The van der Waals surface area contributed by atoms with E-state index in [9.17, 15) is 0 Å². The van der Waals surface area contributed by atoms with Gasteiger partial charge < -0.3 is 10.1 Å². The first kappa shape index (κ1) is 14.2. The summed E-state index contributed by atoms with van der Waals surface area (Å²) in [5.74, 6) is 0.595. The predicted molar refractivity (Wildman–Crippen MR) is 84.0 cm³/mol. The molecule has 2 aromatic rings. The van der Waals surface area contributed by atoms with E-state index >= 15 is 0 Å². The zero-order chi connectivity index (χ0) is 14.5. The average molecular weight is 282 g/mol. The highest BCUT2D eigenvalue weighted by Gasteiger charge is 2.25. The molecule has 0 amide bonds. The minimum absolute atomic E-state index is 0.210. The van der Waals surface area contributed by atoms with E-state index in [1.54, 1.807) is 0 Å². The van der Waals surface area contributed by atoms with Crippen molar-refractivity contribution in [3.05, 3.63) is 66.0 Å². The Morgan fingerprint density at radius 2 is 1.86 bits per heavy atom. The van der Waals surface area contributed by atoms with Gasteiger partial charge in [-0.1, -0.05) is 30.3 Å². The normalized spacial score (nSPS) is 23.1. The molecule has 0 radical (unpaired) electrons. The minimum atomic E-state index is 0.210. The van der Waals surface area contributed by atoms with Crippen molar-refractivity contribution in [3.63, 3.8) is 0 Å². The quantitative estimate of drug-likeness (QED) is 0.914. The lowest BCUT2D eigenvalue weighted by atomic mass is 9.97. The molecule has 0 aliphatic carbocycles. The van der Waals surface area contributed by atoms with Gasteiger partial charge in [-0.3, -0.25) is 4.98 Å². The van der Waals surface area contributed by atoms with Gasteiger partial charge in [0.1, 0.15) is 0 Å². The summed E-state index contributed by atoms with van der Waals surface area (Å²) in [6, 6.07) is 15.0. The van der Waals surface area contributed by atoms with Crippen molar-refractivity contribution in [1.29, 1.82) is 0 Å². The van der Waals surface area contributed by atoms with Crippen LogP contribution < -0.4 is 5.32 Å². The Labute approximate surface area is 126 Å². The summed E-state index contributed by atoms with van der Waals surface area (Å²) in [6.07, 6.45) is 5.21. The van der Waals surface area contributed by atoms with Crippen LogP contribution in [-0.2, 0) is 4.74 Å². The molecule has 3 nitrogen and oxygen atoms in total. The summed E-state index contributed by atoms with van der Waals surface area (Å²) < 4.78 is 5.66. The molecule has 1 aromatic heterocycles. The maximum absolute atomic E-state index is 5.66. The summed E-state index contributed by atoms with van der Waals surface area (Å²) in [5.41, 5.74) is 2.54. The van der Waals surface area contributed by atoms with Crippen LogP contribution in [0.4, 0.5) is 0 Å². The second kappa shape index (κ2) is 6.83. The van der Waals surface area contributed by atoms with Crippen LogP contribution in [0.5, 0.6) is 0 Å². The molecule has 1 aromatic carbocycles. The fraction of sp³-hybridized carbons (Fsp3) is 0.389. The van der Waals surface area contributed by atoms with Crippen LogP contribution in [0.15, 0.2) is 54.9 Å². The van der Waals surface area contributed by atoms with Crippen LogP contribution >= 0.6 is 0 Å². The number of hydrogen-bond acceptors (Lipinski definition) is 3. The Kier molecular flexibility index (Phi) is 4.63. The van der Waals surface area contributed by atoms with Gasteiger partial charge in [0.25, 0.3) is 0 Å². The Bertz CT molecular complexity index is 504. The molecule has 1 N–H and O–H groups in total. The van der Waals surface area contributed by atoms with E-state index in [1.165, 1.54) is 11.1 Å². The Hall–Kier alpha value is -1.71. The summed E-state index contributed by atoms with van der Waals surface area (Å²) in [7, 11) is 0. The Morgan fingerprint density at radius 3 is 2.52 bits per heavy atom. The van der Waals surface area contributed by atoms with Gasteiger partial charge in [-0.05, 0) is 42.5 Å². The highest BCUT2D eigenvalue weighted by atomic mass is 16.5. The van der Waals surface area contributed by atoms with E-state index in [2.05, 4.69) is 59.7 Å². The maximum atomic E-state index is 5.66. The monoisotopic (exact) mass is 282 g/mol. The Morgan fingerprint density at radius 1 is 1.14 bits per heavy atom. The first-order valence-electron chi connectivity index (χ1n) is 7.64. The van der Waals surface area contributed by atoms with Crippen molar-refractivity contribution >= 4 is 0 Å². The van der Waals surface area contributed by atoms with E-state index in [4.69, 9.17) is 4.74 Å². The fourth-order valence-electron chi connectivity index (χ4n) is 2.94.